The number of anilines is 2. The molecule has 1 aliphatic carbocycles. The summed E-state index contributed by atoms with van der Waals surface area (Å²) in [4.78, 5) is 18.0. The van der Waals surface area contributed by atoms with Crippen LogP contribution in [0.25, 0.3) is 22.0 Å². The third kappa shape index (κ3) is 4.64. The Labute approximate surface area is 227 Å². The molecule has 5 rings (SSSR count). The fourth-order valence-electron chi connectivity index (χ4n) is 5.87. The summed E-state index contributed by atoms with van der Waals surface area (Å²) < 4.78 is 17.7. The SMILES string of the molecule is CCC1=CC=C[C@H](C)C1n1c(=O)cc(N2CCN(C(C)O)CC2)c2cc(F)c(-c3c(N)cccc3Cl)cc21. The monoisotopic (exact) mass is 536 g/mol. The molecule has 200 valence electrons. The van der Waals surface area contributed by atoms with E-state index >= 15 is 4.39 Å². The molecule has 1 fully saturated rings. The largest absolute Gasteiger partial charge is 0.398 e. The zero-order valence-corrected chi connectivity index (χ0v) is 22.8. The van der Waals surface area contributed by atoms with Crippen molar-refractivity contribution >= 4 is 33.9 Å². The van der Waals surface area contributed by atoms with E-state index in [1.807, 2.05) is 15.5 Å². The molecule has 0 bridgehead atoms. The van der Waals surface area contributed by atoms with Crippen molar-refractivity contribution < 1.29 is 9.50 Å². The Balaban J connectivity index is 1.77. The summed E-state index contributed by atoms with van der Waals surface area (Å²) >= 11 is 6.50. The lowest BCUT2D eigenvalue weighted by Gasteiger charge is -2.38. The lowest BCUT2D eigenvalue weighted by Crippen LogP contribution is -2.50. The van der Waals surface area contributed by atoms with Crippen molar-refractivity contribution in [1.82, 2.24) is 9.47 Å². The second-order valence-electron chi connectivity index (χ2n) is 10.2. The first-order valence-corrected chi connectivity index (χ1v) is 13.6. The summed E-state index contributed by atoms with van der Waals surface area (Å²) in [7, 11) is 0. The fourth-order valence-corrected chi connectivity index (χ4v) is 6.16. The second-order valence-corrected chi connectivity index (χ2v) is 10.6. The van der Waals surface area contributed by atoms with Crippen molar-refractivity contribution in [3.8, 4) is 11.1 Å². The van der Waals surface area contributed by atoms with Crippen LogP contribution in [0.15, 0.2) is 65.0 Å². The molecule has 0 saturated carbocycles. The smallest absolute Gasteiger partial charge is 0.253 e. The second kappa shape index (κ2) is 10.6. The lowest BCUT2D eigenvalue weighted by atomic mass is 9.87. The number of hydrogen-bond donors (Lipinski definition) is 2. The zero-order valence-electron chi connectivity index (χ0n) is 22.0. The van der Waals surface area contributed by atoms with E-state index in [4.69, 9.17) is 17.3 Å². The third-order valence-corrected chi connectivity index (χ3v) is 8.22. The van der Waals surface area contributed by atoms with E-state index in [-0.39, 0.29) is 23.1 Å². The molecule has 6 nitrogen and oxygen atoms in total. The highest BCUT2D eigenvalue weighted by molar-refractivity contribution is 6.34. The topological polar surface area (TPSA) is 74.7 Å². The highest BCUT2D eigenvalue weighted by Crippen LogP contribution is 2.41. The van der Waals surface area contributed by atoms with E-state index < -0.39 is 12.0 Å². The highest BCUT2D eigenvalue weighted by Gasteiger charge is 2.29. The first-order chi connectivity index (χ1) is 18.2. The van der Waals surface area contributed by atoms with E-state index in [9.17, 15) is 9.90 Å². The fraction of sp³-hybridized carbons (Fsp3) is 0.367. The molecular formula is C30H34ClFN4O2. The van der Waals surface area contributed by atoms with Crippen LogP contribution in [0.2, 0.25) is 5.02 Å². The van der Waals surface area contributed by atoms with Crippen LogP contribution in [0, 0.1) is 11.7 Å². The van der Waals surface area contributed by atoms with Gasteiger partial charge in [0.15, 0.2) is 0 Å². The average Bonchev–Trinajstić information content (AvgIpc) is 2.89. The molecule has 3 aromatic rings. The van der Waals surface area contributed by atoms with Gasteiger partial charge in [-0.15, -0.1) is 0 Å². The Hall–Kier alpha value is -3.13. The number of aromatic nitrogens is 1. The number of rotatable bonds is 5. The molecule has 0 spiro atoms. The number of piperazine rings is 1. The van der Waals surface area contributed by atoms with Gasteiger partial charge in [-0.1, -0.05) is 49.7 Å². The zero-order chi connectivity index (χ0) is 27.1. The maximum atomic E-state index is 15.9. The lowest BCUT2D eigenvalue weighted by molar-refractivity contribution is 0.0153. The van der Waals surface area contributed by atoms with Crippen LogP contribution in [0.3, 0.4) is 0 Å². The van der Waals surface area contributed by atoms with E-state index in [1.54, 1.807) is 37.3 Å². The van der Waals surface area contributed by atoms with E-state index in [0.717, 1.165) is 12.0 Å². The predicted octanol–water partition coefficient (Wildman–Crippen LogP) is 5.59. The standard InChI is InChI=1S/C30H34ClFN4O2/c1-4-20-8-5-7-18(2)30(20)36-27-16-21(29-23(31)9-6-10-25(29)33)24(32)15-22(27)26(17-28(36)38)35-13-11-34(12-14-35)19(3)37/h5-10,15-19,30,37H,4,11-14,33H2,1-3H3/t18-,19?,30?/m0/s1. The highest BCUT2D eigenvalue weighted by atomic mass is 35.5. The predicted molar refractivity (Wildman–Crippen MR) is 154 cm³/mol. The van der Waals surface area contributed by atoms with E-state index in [2.05, 4.69) is 30.9 Å². The molecule has 0 radical (unpaired) electrons. The van der Waals surface area contributed by atoms with Gasteiger partial charge in [0.05, 0.1) is 22.3 Å². The van der Waals surface area contributed by atoms with Gasteiger partial charge in [-0.2, -0.15) is 0 Å². The van der Waals surface area contributed by atoms with Crippen LogP contribution >= 0.6 is 11.6 Å². The molecule has 8 heteroatoms. The minimum absolute atomic E-state index is 0.0789. The number of benzene rings is 2. The Morgan fingerprint density at radius 3 is 2.58 bits per heavy atom. The Morgan fingerprint density at radius 1 is 1.18 bits per heavy atom. The number of fused-ring (bicyclic) bond motifs is 1. The van der Waals surface area contributed by atoms with Gasteiger partial charge in [0, 0.05) is 54.4 Å². The van der Waals surface area contributed by atoms with Gasteiger partial charge in [-0.05, 0) is 49.1 Å². The third-order valence-electron chi connectivity index (χ3n) is 7.91. The molecule has 1 saturated heterocycles. The number of aliphatic hydroxyl groups excluding tert-OH is 1. The molecular weight excluding hydrogens is 503 g/mol. The minimum atomic E-state index is -0.539. The Morgan fingerprint density at radius 2 is 1.92 bits per heavy atom. The number of nitrogen functional groups attached to an aromatic ring is 1. The van der Waals surface area contributed by atoms with E-state index in [0.29, 0.717) is 59.0 Å². The number of nitrogens with two attached hydrogens (primary N) is 1. The van der Waals surface area contributed by atoms with Crippen LogP contribution in [0.5, 0.6) is 0 Å². The summed E-state index contributed by atoms with van der Waals surface area (Å²) in [5.74, 6) is -0.371. The number of aliphatic hydroxyl groups is 1. The average molecular weight is 537 g/mol. The first kappa shape index (κ1) is 26.5. The maximum absolute atomic E-state index is 15.9. The normalized spacial score (nSPS) is 21.1. The van der Waals surface area contributed by atoms with Gasteiger partial charge in [0.1, 0.15) is 12.0 Å². The molecule has 2 unspecified atom stereocenters. The van der Waals surface area contributed by atoms with Gasteiger partial charge in [0.2, 0.25) is 0 Å². The van der Waals surface area contributed by atoms with Crippen LogP contribution in [0.1, 0.15) is 33.2 Å². The van der Waals surface area contributed by atoms with Gasteiger partial charge < -0.3 is 20.3 Å². The van der Waals surface area contributed by atoms with Gasteiger partial charge >= 0.3 is 0 Å². The molecule has 38 heavy (non-hydrogen) atoms. The van der Waals surface area contributed by atoms with Crippen molar-refractivity contribution in [2.75, 3.05) is 36.8 Å². The molecule has 1 aliphatic heterocycles. The van der Waals surface area contributed by atoms with Crippen LogP contribution in [-0.4, -0.2) is 47.0 Å². The van der Waals surface area contributed by atoms with Crippen LogP contribution in [-0.2, 0) is 0 Å². The molecule has 2 aliphatic rings. The Kier molecular flexibility index (Phi) is 7.36. The minimum Gasteiger partial charge on any atom is -0.398 e. The van der Waals surface area contributed by atoms with Crippen molar-refractivity contribution in [1.29, 1.82) is 0 Å². The molecule has 1 aromatic heterocycles. The number of nitrogens with zero attached hydrogens (tertiary/aromatic N) is 3. The molecule has 2 heterocycles. The van der Waals surface area contributed by atoms with Crippen molar-refractivity contribution in [2.24, 2.45) is 5.92 Å². The van der Waals surface area contributed by atoms with Crippen molar-refractivity contribution in [2.45, 2.75) is 39.5 Å². The van der Waals surface area contributed by atoms with Gasteiger partial charge in [0.25, 0.3) is 5.56 Å². The molecule has 0 amide bonds. The van der Waals surface area contributed by atoms with Crippen LogP contribution in [0.4, 0.5) is 15.8 Å². The number of pyridine rings is 1. The maximum Gasteiger partial charge on any atom is 0.253 e. The van der Waals surface area contributed by atoms with E-state index in [1.165, 1.54) is 6.07 Å². The summed E-state index contributed by atoms with van der Waals surface area (Å²) in [6.45, 7) is 8.46. The summed E-state index contributed by atoms with van der Waals surface area (Å²) in [6, 6.07) is 9.81. The summed E-state index contributed by atoms with van der Waals surface area (Å²) in [6.07, 6.45) is 6.47. The number of hydrogen-bond acceptors (Lipinski definition) is 5. The van der Waals surface area contributed by atoms with Gasteiger partial charge in [-0.25, -0.2) is 4.39 Å². The summed E-state index contributed by atoms with van der Waals surface area (Å²) in [5, 5.41) is 11.0. The molecule has 3 atom stereocenters. The quantitative estimate of drug-likeness (QED) is 0.416. The molecule has 2 aromatic carbocycles. The molecule has 3 N–H and O–H groups in total. The number of allylic oxidation sites excluding steroid dienone is 4. The first-order valence-electron chi connectivity index (χ1n) is 13.2. The van der Waals surface area contributed by atoms with Crippen LogP contribution < -0.4 is 16.2 Å². The Bertz CT molecular complexity index is 1470. The van der Waals surface area contributed by atoms with Crippen molar-refractivity contribution in [3.05, 3.63) is 81.4 Å². The summed E-state index contributed by atoms with van der Waals surface area (Å²) in [5.41, 5.74) is 9.67. The van der Waals surface area contributed by atoms with Gasteiger partial charge in [-0.3, -0.25) is 9.69 Å². The van der Waals surface area contributed by atoms with Crippen molar-refractivity contribution in [3.63, 3.8) is 0 Å². The number of halogens is 2.